The molecular formula is C10H17N3O2. The lowest BCUT2D eigenvalue weighted by molar-refractivity contribution is -0.132. The molecule has 0 aromatic heterocycles. The number of aliphatic imine (C=N–C) groups is 1. The number of amides is 2. The molecule has 1 heterocycles. The first kappa shape index (κ1) is 11.8. The third-order valence-electron chi connectivity index (χ3n) is 2.96. The van der Waals surface area contributed by atoms with Crippen molar-refractivity contribution in [1.82, 2.24) is 5.32 Å². The fourth-order valence-corrected chi connectivity index (χ4v) is 1.39. The number of hydrogen-bond donors (Lipinski definition) is 2. The van der Waals surface area contributed by atoms with Crippen molar-refractivity contribution in [1.29, 1.82) is 0 Å². The smallest absolute Gasteiger partial charge is 0.259 e. The molecule has 15 heavy (non-hydrogen) atoms. The van der Waals surface area contributed by atoms with E-state index in [0.717, 1.165) is 0 Å². The molecule has 0 saturated carbocycles. The van der Waals surface area contributed by atoms with Crippen LogP contribution in [0.3, 0.4) is 0 Å². The molecule has 0 aliphatic carbocycles. The Labute approximate surface area is 89.1 Å². The molecule has 1 unspecified atom stereocenters. The Hall–Kier alpha value is -1.23. The fraction of sp³-hybridized carbons (Fsp3) is 0.700. The number of nitrogens with zero attached hydrogens (tertiary/aromatic N) is 1. The number of nitrogens with one attached hydrogen (secondary N) is 1. The van der Waals surface area contributed by atoms with Crippen LogP contribution in [-0.2, 0) is 9.59 Å². The summed E-state index contributed by atoms with van der Waals surface area (Å²) in [6.07, 6.45) is 1.26. The molecule has 1 aliphatic rings. The summed E-state index contributed by atoms with van der Waals surface area (Å²) < 4.78 is 0. The van der Waals surface area contributed by atoms with Gasteiger partial charge in [-0.05, 0) is 19.8 Å². The summed E-state index contributed by atoms with van der Waals surface area (Å²) in [6.45, 7) is 5.34. The van der Waals surface area contributed by atoms with Crippen LogP contribution in [0.25, 0.3) is 0 Å². The van der Waals surface area contributed by atoms with Crippen LogP contribution in [0.4, 0.5) is 0 Å². The highest BCUT2D eigenvalue weighted by Crippen LogP contribution is 2.16. The molecule has 1 aliphatic heterocycles. The molecular weight excluding hydrogens is 194 g/mol. The highest BCUT2D eigenvalue weighted by Gasteiger charge is 2.36. The topological polar surface area (TPSA) is 84.5 Å². The highest BCUT2D eigenvalue weighted by atomic mass is 16.2. The van der Waals surface area contributed by atoms with Gasteiger partial charge in [0.1, 0.15) is 11.8 Å². The summed E-state index contributed by atoms with van der Waals surface area (Å²) in [5.41, 5.74) is 5.34. The lowest BCUT2D eigenvalue weighted by Crippen LogP contribution is -2.58. The van der Waals surface area contributed by atoms with E-state index in [4.69, 9.17) is 5.73 Å². The Balaban J connectivity index is 3.02. The van der Waals surface area contributed by atoms with Crippen LogP contribution in [0.2, 0.25) is 0 Å². The van der Waals surface area contributed by atoms with E-state index in [1.807, 2.05) is 13.8 Å². The minimum absolute atomic E-state index is 0.306. The van der Waals surface area contributed by atoms with Crippen molar-refractivity contribution in [2.45, 2.75) is 39.2 Å². The van der Waals surface area contributed by atoms with Gasteiger partial charge in [0.2, 0.25) is 5.91 Å². The van der Waals surface area contributed by atoms with Gasteiger partial charge in [-0.15, -0.1) is 0 Å². The highest BCUT2D eigenvalue weighted by molar-refractivity contribution is 6.18. The van der Waals surface area contributed by atoms with Crippen molar-refractivity contribution in [2.75, 3.05) is 0 Å². The normalized spacial score (nSPS) is 22.4. The first-order valence-electron chi connectivity index (χ1n) is 5.17. The van der Waals surface area contributed by atoms with E-state index in [1.165, 1.54) is 6.92 Å². The molecule has 0 fully saturated rings. The molecule has 0 radical (unpaired) electrons. The Morgan fingerprint density at radius 2 is 1.93 bits per heavy atom. The number of carbonyl (C=O) groups is 2. The van der Waals surface area contributed by atoms with E-state index in [2.05, 4.69) is 10.3 Å². The summed E-state index contributed by atoms with van der Waals surface area (Å²) in [4.78, 5) is 26.7. The Morgan fingerprint density at radius 1 is 1.40 bits per heavy atom. The zero-order chi connectivity index (χ0) is 11.6. The first-order valence-corrected chi connectivity index (χ1v) is 5.17. The minimum atomic E-state index is -0.703. The van der Waals surface area contributed by atoms with Crippen LogP contribution in [-0.4, -0.2) is 23.2 Å². The van der Waals surface area contributed by atoms with Gasteiger partial charge < -0.3 is 11.1 Å². The number of hydrogen-bond acceptors (Lipinski definition) is 3. The molecule has 3 N–H and O–H groups in total. The van der Waals surface area contributed by atoms with Crippen LogP contribution >= 0.6 is 0 Å². The second kappa shape index (κ2) is 4.10. The quantitative estimate of drug-likeness (QED) is 0.654. The van der Waals surface area contributed by atoms with E-state index in [9.17, 15) is 9.59 Å². The maximum absolute atomic E-state index is 11.4. The van der Waals surface area contributed by atoms with Crippen LogP contribution in [0.15, 0.2) is 4.99 Å². The van der Waals surface area contributed by atoms with Gasteiger partial charge in [0.05, 0.1) is 5.54 Å². The van der Waals surface area contributed by atoms with Gasteiger partial charge in [-0.3, -0.25) is 9.59 Å². The standard InChI is InChI=1S/C10H17N3O2/c1-4-10(11,5-2)9-12-7(14)6(3)8(15)13-9/h6H,4-5,11H2,1-3H3,(H,12,13,14,15). The van der Waals surface area contributed by atoms with Crippen LogP contribution in [0.5, 0.6) is 0 Å². The summed E-state index contributed by atoms with van der Waals surface area (Å²) in [7, 11) is 0. The number of amidine groups is 1. The van der Waals surface area contributed by atoms with Gasteiger partial charge >= 0.3 is 0 Å². The third-order valence-corrected chi connectivity index (χ3v) is 2.96. The van der Waals surface area contributed by atoms with Gasteiger partial charge in [-0.25, -0.2) is 0 Å². The molecule has 0 spiro atoms. The van der Waals surface area contributed by atoms with Crippen molar-refractivity contribution in [3.63, 3.8) is 0 Å². The second-order valence-electron chi connectivity index (χ2n) is 3.87. The second-order valence-corrected chi connectivity index (χ2v) is 3.87. The molecule has 84 valence electrons. The van der Waals surface area contributed by atoms with E-state index in [-0.39, 0.29) is 5.91 Å². The maximum Gasteiger partial charge on any atom is 0.259 e. The largest absolute Gasteiger partial charge is 0.319 e. The third kappa shape index (κ3) is 2.07. The monoisotopic (exact) mass is 211 g/mol. The van der Waals surface area contributed by atoms with Crippen LogP contribution in [0.1, 0.15) is 33.6 Å². The van der Waals surface area contributed by atoms with E-state index in [0.29, 0.717) is 18.7 Å². The predicted molar refractivity (Wildman–Crippen MR) is 57.2 cm³/mol. The molecule has 0 aromatic rings. The summed E-state index contributed by atoms with van der Waals surface area (Å²) in [5.74, 6) is -1.13. The van der Waals surface area contributed by atoms with Gasteiger partial charge in [-0.1, -0.05) is 13.8 Å². The number of carbonyl (C=O) groups excluding carboxylic acids is 2. The number of nitrogens with two attached hydrogens (primary N) is 1. The summed E-state index contributed by atoms with van der Waals surface area (Å²) in [6, 6.07) is 0. The molecule has 1 rings (SSSR count). The van der Waals surface area contributed by atoms with Crippen molar-refractivity contribution in [2.24, 2.45) is 16.6 Å². The number of rotatable bonds is 3. The SMILES string of the molecule is CCC(N)(CC)C1=NC(=O)C(C)C(=O)N1. The summed E-state index contributed by atoms with van der Waals surface area (Å²) in [5, 5.41) is 2.60. The molecule has 0 aromatic carbocycles. The predicted octanol–water partition coefficient (Wildman–Crippen LogP) is 0.195. The fourth-order valence-electron chi connectivity index (χ4n) is 1.39. The zero-order valence-electron chi connectivity index (χ0n) is 9.33. The average molecular weight is 211 g/mol. The molecule has 0 bridgehead atoms. The minimum Gasteiger partial charge on any atom is -0.319 e. The van der Waals surface area contributed by atoms with Crippen molar-refractivity contribution < 1.29 is 9.59 Å². The van der Waals surface area contributed by atoms with Crippen LogP contribution in [0, 0.1) is 5.92 Å². The Bertz CT molecular complexity index is 319. The van der Waals surface area contributed by atoms with E-state index >= 15 is 0 Å². The maximum atomic E-state index is 11.4. The Morgan fingerprint density at radius 3 is 2.33 bits per heavy atom. The lowest BCUT2D eigenvalue weighted by Gasteiger charge is -2.31. The first-order chi connectivity index (χ1) is 6.94. The molecule has 5 heteroatoms. The van der Waals surface area contributed by atoms with E-state index < -0.39 is 17.4 Å². The molecule has 5 nitrogen and oxygen atoms in total. The van der Waals surface area contributed by atoms with Crippen molar-refractivity contribution in [3.8, 4) is 0 Å². The van der Waals surface area contributed by atoms with Crippen molar-refractivity contribution >= 4 is 17.6 Å². The molecule has 1 atom stereocenters. The van der Waals surface area contributed by atoms with Crippen LogP contribution < -0.4 is 11.1 Å². The van der Waals surface area contributed by atoms with Gasteiger partial charge in [0.25, 0.3) is 5.91 Å². The van der Waals surface area contributed by atoms with Crippen molar-refractivity contribution in [3.05, 3.63) is 0 Å². The van der Waals surface area contributed by atoms with E-state index in [1.54, 1.807) is 0 Å². The Kier molecular flexibility index (Phi) is 3.24. The average Bonchev–Trinajstić information content (AvgIpc) is 2.24. The molecule has 2 amide bonds. The lowest BCUT2D eigenvalue weighted by atomic mass is 9.91. The molecule has 0 saturated heterocycles. The van der Waals surface area contributed by atoms with Gasteiger partial charge in [0, 0.05) is 0 Å². The van der Waals surface area contributed by atoms with Gasteiger partial charge in [-0.2, -0.15) is 4.99 Å². The summed E-state index contributed by atoms with van der Waals surface area (Å²) >= 11 is 0. The zero-order valence-corrected chi connectivity index (χ0v) is 9.33. The van der Waals surface area contributed by atoms with Gasteiger partial charge in [0.15, 0.2) is 0 Å².